The zero-order valence-corrected chi connectivity index (χ0v) is 10.8. The Morgan fingerprint density at radius 3 is 2.76 bits per heavy atom. The van der Waals surface area contributed by atoms with Crippen molar-refractivity contribution in [1.82, 2.24) is 0 Å². The predicted molar refractivity (Wildman–Crippen MR) is 68.1 cm³/mol. The molecule has 0 spiro atoms. The molecule has 1 atom stereocenters. The molecule has 0 aliphatic rings. The third kappa shape index (κ3) is 5.22. The summed E-state index contributed by atoms with van der Waals surface area (Å²) in [6.45, 7) is 2.07. The van der Waals surface area contributed by atoms with Gasteiger partial charge in [0.1, 0.15) is 5.82 Å². The molecule has 0 bridgehead atoms. The van der Waals surface area contributed by atoms with E-state index in [1.165, 1.54) is 18.2 Å². The molecule has 0 radical (unpaired) electrons. The Morgan fingerprint density at radius 2 is 2.12 bits per heavy atom. The van der Waals surface area contributed by atoms with Gasteiger partial charge in [-0.1, -0.05) is 31.9 Å². The molecule has 0 N–H and O–H groups in total. The number of Topliss-reactive ketones (excluding diaryl/α,β-unsaturated/α-hetero) is 1. The topological polar surface area (TPSA) is 34.1 Å². The molecule has 94 valence electrons. The Bertz CT molecular complexity index is 404. The summed E-state index contributed by atoms with van der Waals surface area (Å²) in [7, 11) is -1.13. The van der Waals surface area contributed by atoms with Gasteiger partial charge in [0.05, 0.1) is 5.75 Å². The lowest BCUT2D eigenvalue weighted by Crippen LogP contribution is -2.13. The summed E-state index contributed by atoms with van der Waals surface area (Å²) in [5, 5.41) is 0. The average Bonchev–Trinajstić information content (AvgIpc) is 2.29. The second kappa shape index (κ2) is 7.33. The fourth-order valence-corrected chi connectivity index (χ4v) is 2.61. The minimum atomic E-state index is -1.13. The Kier molecular flexibility index (Phi) is 6.05. The lowest BCUT2D eigenvalue weighted by Gasteiger charge is -2.02. The number of carbonyl (C=O) groups excluding carboxylic acids is 1. The van der Waals surface area contributed by atoms with E-state index in [1.54, 1.807) is 6.07 Å². The fourth-order valence-electron chi connectivity index (χ4n) is 1.48. The number of rotatable bonds is 7. The number of benzene rings is 1. The molecular weight excluding hydrogens is 239 g/mol. The molecule has 0 aliphatic heterocycles. The van der Waals surface area contributed by atoms with E-state index in [9.17, 15) is 13.4 Å². The van der Waals surface area contributed by atoms with Crippen molar-refractivity contribution in [3.05, 3.63) is 35.6 Å². The average molecular weight is 256 g/mol. The first-order valence-corrected chi connectivity index (χ1v) is 7.26. The van der Waals surface area contributed by atoms with Crippen molar-refractivity contribution < 1.29 is 13.4 Å². The maximum Gasteiger partial charge on any atom is 0.175 e. The fraction of sp³-hybridized carbons (Fsp3) is 0.462. The molecule has 1 aromatic carbocycles. The number of unbranched alkanes of at least 4 members (excludes halogenated alkanes) is 2. The number of ketones is 1. The number of halogens is 1. The van der Waals surface area contributed by atoms with Gasteiger partial charge in [0.25, 0.3) is 0 Å². The Morgan fingerprint density at radius 1 is 1.35 bits per heavy atom. The first-order chi connectivity index (χ1) is 8.13. The van der Waals surface area contributed by atoms with Crippen LogP contribution in [-0.2, 0) is 10.8 Å². The maximum atomic E-state index is 12.9. The molecule has 4 heteroatoms. The van der Waals surface area contributed by atoms with E-state index in [0.29, 0.717) is 11.3 Å². The molecule has 0 aliphatic carbocycles. The molecule has 0 heterocycles. The summed E-state index contributed by atoms with van der Waals surface area (Å²) in [5.74, 6) is -0.144. The zero-order valence-electron chi connectivity index (χ0n) is 9.95. The van der Waals surface area contributed by atoms with Crippen molar-refractivity contribution >= 4 is 16.6 Å². The minimum Gasteiger partial charge on any atom is -0.293 e. The highest BCUT2D eigenvalue weighted by Crippen LogP contribution is 2.06. The van der Waals surface area contributed by atoms with Crippen LogP contribution < -0.4 is 0 Å². The molecule has 17 heavy (non-hydrogen) atoms. The van der Waals surface area contributed by atoms with Gasteiger partial charge in [-0.3, -0.25) is 9.00 Å². The van der Waals surface area contributed by atoms with Gasteiger partial charge in [0, 0.05) is 22.1 Å². The van der Waals surface area contributed by atoms with Gasteiger partial charge in [-0.05, 0) is 18.6 Å². The second-order valence-corrected chi connectivity index (χ2v) is 5.51. The molecule has 1 rings (SSSR count). The third-order valence-electron chi connectivity index (χ3n) is 2.41. The van der Waals surface area contributed by atoms with Crippen LogP contribution in [0.4, 0.5) is 4.39 Å². The van der Waals surface area contributed by atoms with E-state index in [1.807, 2.05) is 0 Å². The van der Waals surface area contributed by atoms with Gasteiger partial charge < -0.3 is 0 Å². The van der Waals surface area contributed by atoms with Crippen LogP contribution >= 0.6 is 0 Å². The van der Waals surface area contributed by atoms with Crippen LogP contribution in [0.25, 0.3) is 0 Å². The molecule has 1 unspecified atom stereocenters. The summed E-state index contributed by atoms with van der Waals surface area (Å²) in [6.07, 6.45) is 2.97. The molecule has 1 aromatic rings. The summed E-state index contributed by atoms with van der Waals surface area (Å²) < 4.78 is 24.5. The Labute approximate surface area is 104 Å². The molecular formula is C13H17FO2S. The highest BCUT2D eigenvalue weighted by molar-refractivity contribution is 7.85. The van der Waals surface area contributed by atoms with E-state index in [0.717, 1.165) is 19.3 Å². The highest BCUT2D eigenvalue weighted by atomic mass is 32.2. The van der Waals surface area contributed by atoms with Crippen molar-refractivity contribution in [2.24, 2.45) is 0 Å². The SMILES string of the molecule is CCCCCS(=O)CC(=O)c1cccc(F)c1. The van der Waals surface area contributed by atoms with Gasteiger partial charge >= 0.3 is 0 Å². The summed E-state index contributed by atoms with van der Waals surface area (Å²) in [4.78, 5) is 11.7. The van der Waals surface area contributed by atoms with Crippen LogP contribution in [0.3, 0.4) is 0 Å². The quantitative estimate of drug-likeness (QED) is 0.555. The van der Waals surface area contributed by atoms with Crippen molar-refractivity contribution in [2.45, 2.75) is 26.2 Å². The lowest BCUT2D eigenvalue weighted by molar-refractivity contribution is 0.102. The van der Waals surface area contributed by atoms with E-state index in [4.69, 9.17) is 0 Å². The first-order valence-electron chi connectivity index (χ1n) is 5.77. The standard InChI is InChI=1S/C13H17FO2S/c1-2-3-4-8-17(16)10-13(15)11-6-5-7-12(14)9-11/h5-7,9H,2-4,8,10H2,1H3. The largest absolute Gasteiger partial charge is 0.293 e. The van der Waals surface area contributed by atoms with Crippen LogP contribution in [0.5, 0.6) is 0 Å². The van der Waals surface area contributed by atoms with Crippen LogP contribution in [0, 0.1) is 5.82 Å². The molecule has 0 amide bonds. The van der Waals surface area contributed by atoms with E-state index in [-0.39, 0.29) is 11.5 Å². The van der Waals surface area contributed by atoms with Crippen LogP contribution in [0.1, 0.15) is 36.5 Å². The van der Waals surface area contributed by atoms with Crippen molar-refractivity contribution in [1.29, 1.82) is 0 Å². The van der Waals surface area contributed by atoms with Gasteiger partial charge in [-0.2, -0.15) is 0 Å². The monoisotopic (exact) mass is 256 g/mol. The molecule has 2 nitrogen and oxygen atoms in total. The van der Waals surface area contributed by atoms with E-state index < -0.39 is 16.6 Å². The molecule has 0 saturated carbocycles. The molecule has 0 saturated heterocycles. The number of carbonyl (C=O) groups is 1. The summed E-state index contributed by atoms with van der Waals surface area (Å²) in [5.41, 5.74) is 0.300. The lowest BCUT2D eigenvalue weighted by atomic mass is 10.1. The number of hydrogen-bond acceptors (Lipinski definition) is 2. The summed E-state index contributed by atoms with van der Waals surface area (Å²) >= 11 is 0. The molecule has 0 fully saturated rings. The van der Waals surface area contributed by atoms with Gasteiger partial charge in [-0.25, -0.2) is 4.39 Å². The van der Waals surface area contributed by atoms with Gasteiger partial charge in [0.2, 0.25) is 0 Å². The Balaban J connectivity index is 2.46. The predicted octanol–water partition coefficient (Wildman–Crippen LogP) is 2.95. The minimum absolute atomic E-state index is 0.00678. The highest BCUT2D eigenvalue weighted by Gasteiger charge is 2.10. The van der Waals surface area contributed by atoms with Crippen LogP contribution in [-0.4, -0.2) is 21.5 Å². The Hall–Kier alpha value is -1.03. The number of hydrogen-bond donors (Lipinski definition) is 0. The third-order valence-corrected chi connectivity index (χ3v) is 3.74. The summed E-state index contributed by atoms with van der Waals surface area (Å²) in [6, 6.07) is 5.51. The van der Waals surface area contributed by atoms with Crippen molar-refractivity contribution in [2.75, 3.05) is 11.5 Å². The van der Waals surface area contributed by atoms with Crippen molar-refractivity contribution in [3.63, 3.8) is 0 Å². The first kappa shape index (κ1) is 14.0. The van der Waals surface area contributed by atoms with Crippen LogP contribution in [0.2, 0.25) is 0 Å². The van der Waals surface area contributed by atoms with Gasteiger partial charge in [0.15, 0.2) is 5.78 Å². The normalized spacial score (nSPS) is 12.4. The maximum absolute atomic E-state index is 12.9. The van der Waals surface area contributed by atoms with Gasteiger partial charge in [-0.15, -0.1) is 0 Å². The van der Waals surface area contributed by atoms with Crippen LogP contribution in [0.15, 0.2) is 24.3 Å². The van der Waals surface area contributed by atoms with E-state index in [2.05, 4.69) is 6.92 Å². The zero-order chi connectivity index (χ0) is 12.7. The molecule has 0 aromatic heterocycles. The van der Waals surface area contributed by atoms with E-state index >= 15 is 0 Å². The van der Waals surface area contributed by atoms with Crippen molar-refractivity contribution in [3.8, 4) is 0 Å². The smallest absolute Gasteiger partial charge is 0.175 e. The second-order valence-electron chi connectivity index (χ2n) is 3.93.